The summed E-state index contributed by atoms with van der Waals surface area (Å²) in [5, 5.41) is 0. The molecule has 0 bridgehead atoms. The van der Waals surface area contributed by atoms with Crippen molar-refractivity contribution in [2.75, 3.05) is 0 Å². The largest absolute Gasteiger partial charge is 1.00 e. The van der Waals surface area contributed by atoms with E-state index in [4.69, 9.17) is 0 Å². The smallest absolute Gasteiger partial charge is 0.188 e. The van der Waals surface area contributed by atoms with Crippen LogP contribution in [0.1, 0.15) is 26.3 Å². The average molecular weight is 441 g/mol. The van der Waals surface area contributed by atoms with E-state index in [2.05, 4.69) is 0 Å². The van der Waals surface area contributed by atoms with E-state index < -0.39 is 5.41 Å². The van der Waals surface area contributed by atoms with Crippen LogP contribution in [0.15, 0.2) is 85.2 Å². The van der Waals surface area contributed by atoms with Gasteiger partial charge in [-0.2, -0.15) is 0 Å². The molecule has 0 aliphatic heterocycles. The lowest BCUT2D eigenvalue weighted by Crippen LogP contribution is -3.00. The summed E-state index contributed by atoms with van der Waals surface area (Å²) in [4.78, 5) is 26.6. The number of benzene rings is 2. The van der Waals surface area contributed by atoms with Gasteiger partial charge >= 0.3 is 0 Å². The standard InChI is InChI=1S/C21H16NO2.HI/c23-19-17-11-5-6-12-18(17)20(24)21(19,16-9-3-1-4-10-16)15-22-13-7-2-8-14-22;/h1-14H,15H2;1H/q+1;/p-1. The summed E-state index contributed by atoms with van der Waals surface area (Å²) >= 11 is 0. The van der Waals surface area contributed by atoms with E-state index in [9.17, 15) is 9.59 Å². The fourth-order valence-corrected chi connectivity index (χ4v) is 3.48. The summed E-state index contributed by atoms with van der Waals surface area (Å²) in [5.41, 5.74) is 0.579. The van der Waals surface area contributed by atoms with Crippen LogP contribution in [-0.4, -0.2) is 11.6 Å². The Labute approximate surface area is 163 Å². The maximum absolute atomic E-state index is 13.3. The van der Waals surface area contributed by atoms with E-state index in [1.807, 2.05) is 65.5 Å². The number of rotatable bonds is 3. The van der Waals surface area contributed by atoms with E-state index in [-0.39, 0.29) is 35.5 Å². The minimum Gasteiger partial charge on any atom is -1.00 e. The molecule has 0 saturated carbocycles. The lowest BCUT2D eigenvalue weighted by Gasteiger charge is -2.23. The zero-order valence-corrected chi connectivity index (χ0v) is 15.6. The Kier molecular flexibility index (Phi) is 4.81. The van der Waals surface area contributed by atoms with Crippen molar-refractivity contribution in [2.24, 2.45) is 0 Å². The highest BCUT2D eigenvalue weighted by Gasteiger charge is 2.56. The minimum absolute atomic E-state index is 0. The number of carbonyl (C=O) groups excluding carboxylic acids is 2. The normalized spacial score (nSPS) is 14.7. The van der Waals surface area contributed by atoms with Gasteiger partial charge in [-0.15, -0.1) is 0 Å². The van der Waals surface area contributed by atoms with Crippen LogP contribution >= 0.6 is 0 Å². The third-order valence-electron chi connectivity index (χ3n) is 4.66. The van der Waals surface area contributed by atoms with Crippen molar-refractivity contribution < 1.29 is 38.1 Å². The van der Waals surface area contributed by atoms with Crippen LogP contribution in [0.5, 0.6) is 0 Å². The van der Waals surface area contributed by atoms with Gasteiger partial charge in [0.2, 0.25) is 0 Å². The molecule has 4 rings (SSSR count). The van der Waals surface area contributed by atoms with E-state index in [0.29, 0.717) is 17.7 Å². The molecule has 0 N–H and O–H groups in total. The molecule has 0 unspecified atom stereocenters. The quantitative estimate of drug-likeness (QED) is 0.326. The van der Waals surface area contributed by atoms with E-state index in [1.54, 1.807) is 24.3 Å². The number of Topliss-reactive ketones (excluding diaryl/α,β-unsaturated/α-hetero) is 2. The van der Waals surface area contributed by atoms with Gasteiger partial charge in [0.05, 0.1) is 0 Å². The third kappa shape index (κ3) is 2.70. The first-order chi connectivity index (χ1) is 11.7. The summed E-state index contributed by atoms with van der Waals surface area (Å²) in [7, 11) is 0. The Bertz CT molecular complexity index is 888. The van der Waals surface area contributed by atoms with E-state index in [1.165, 1.54) is 0 Å². The van der Waals surface area contributed by atoms with Gasteiger partial charge in [0.15, 0.2) is 35.9 Å². The fourth-order valence-electron chi connectivity index (χ4n) is 3.48. The summed E-state index contributed by atoms with van der Waals surface area (Å²) < 4.78 is 1.90. The van der Waals surface area contributed by atoms with Crippen molar-refractivity contribution in [2.45, 2.75) is 12.0 Å². The highest BCUT2D eigenvalue weighted by Crippen LogP contribution is 2.40. The van der Waals surface area contributed by atoms with Gasteiger partial charge < -0.3 is 24.0 Å². The molecule has 1 aromatic heterocycles. The Balaban J connectivity index is 0.00000182. The number of ketones is 2. The molecule has 0 amide bonds. The summed E-state index contributed by atoms with van der Waals surface area (Å²) in [6.07, 6.45) is 3.77. The maximum Gasteiger partial charge on any atom is 0.188 e. The number of fused-ring (bicyclic) bond motifs is 1. The number of nitrogens with zero attached hydrogens (tertiary/aromatic N) is 1. The van der Waals surface area contributed by atoms with Crippen LogP contribution in [0, 0.1) is 0 Å². The molecule has 3 nitrogen and oxygen atoms in total. The predicted molar refractivity (Wildman–Crippen MR) is 89.9 cm³/mol. The lowest BCUT2D eigenvalue weighted by molar-refractivity contribution is -0.700. The highest BCUT2D eigenvalue weighted by atomic mass is 127. The average Bonchev–Trinajstić information content (AvgIpc) is 2.86. The number of hydrogen-bond acceptors (Lipinski definition) is 2. The molecule has 0 saturated heterocycles. The molecule has 0 radical (unpaired) electrons. The van der Waals surface area contributed by atoms with Gasteiger partial charge in [0.25, 0.3) is 0 Å². The van der Waals surface area contributed by atoms with Gasteiger partial charge in [0, 0.05) is 23.3 Å². The third-order valence-corrected chi connectivity index (χ3v) is 4.66. The number of aromatic nitrogens is 1. The van der Waals surface area contributed by atoms with Crippen LogP contribution in [0.4, 0.5) is 0 Å². The van der Waals surface area contributed by atoms with Crippen LogP contribution in [0.3, 0.4) is 0 Å². The van der Waals surface area contributed by atoms with Gasteiger partial charge in [-0.05, 0) is 5.56 Å². The number of hydrogen-bond donors (Lipinski definition) is 0. The molecule has 0 atom stereocenters. The Morgan fingerprint density at radius 2 is 1.16 bits per heavy atom. The molecule has 0 fully saturated rings. The number of halogens is 1. The molecule has 1 aliphatic rings. The topological polar surface area (TPSA) is 38.0 Å². The maximum atomic E-state index is 13.3. The molecular weight excluding hydrogens is 425 g/mol. The molecule has 1 aliphatic carbocycles. The first kappa shape index (κ1) is 17.5. The van der Waals surface area contributed by atoms with Gasteiger partial charge in [-0.3, -0.25) is 9.59 Å². The first-order valence-electron chi connectivity index (χ1n) is 7.92. The van der Waals surface area contributed by atoms with E-state index >= 15 is 0 Å². The van der Waals surface area contributed by atoms with E-state index in [0.717, 1.165) is 5.56 Å². The van der Waals surface area contributed by atoms with Crippen molar-refractivity contribution in [3.63, 3.8) is 0 Å². The second kappa shape index (κ2) is 6.88. The molecular formula is C21H16INO2. The fraction of sp³-hybridized carbons (Fsp3) is 0.0952. The minimum atomic E-state index is -1.20. The molecule has 124 valence electrons. The Hall–Kier alpha value is -2.34. The zero-order chi connectivity index (χ0) is 16.6. The summed E-state index contributed by atoms with van der Waals surface area (Å²) in [5.74, 6) is -0.240. The van der Waals surface area contributed by atoms with Crippen LogP contribution in [-0.2, 0) is 12.0 Å². The van der Waals surface area contributed by atoms with Gasteiger partial charge in [-0.1, -0.05) is 60.7 Å². The molecule has 0 spiro atoms. The molecule has 4 heteroatoms. The number of pyridine rings is 1. The van der Waals surface area contributed by atoms with Crippen molar-refractivity contribution >= 4 is 11.6 Å². The van der Waals surface area contributed by atoms with Crippen LogP contribution < -0.4 is 28.5 Å². The van der Waals surface area contributed by atoms with Crippen LogP contribution in [0.25, 0.3) is 0 Å². The molecule has 1 heterocycles. The summed E-state index contributed by atoms with van der Waals surface area (Å²) in [6.45, 7) is 0.296. The monoisotopic (exact) mass is 441 g/mol. The summed E-state index contributed by atoms with van der Waals surface area (Å²) in [6, 6.07) is 22.2. The molecule has 3 aromatic rings. The van der Waals surface area contributed by atoms with Crippen molar-refractivity contribution in [1.29, 1.82) is 0 Å². The Morgan fingerprint density at radius 3 is 1.72 bits per heavy atom. The van der Waals surface area contributed by atoms with Crippen molar-refractivity contribution in [3.05, 3.63) is 102 Å². The first-order valence-corrected chi connectivity index (χ1v) is 7.92. The van der Waals surface area contributed by atoms with Gasteiger partial charge in [0.1, 0.15) is 0 Å². The van der Waals surface area contributed by atoms with Gasteiger partial charge in [-0.25, -0.2) is 4.57 Å². The molecule has 25 heavy (non-hydrogen) atoms. The second-order valence-electron chi connectivity index (χ2n) is 6.02. The Morgan fingerprint density at radius 1 is 0.680 bits per heavy atom. The van der Waals surface area contributed by atoms with Crippen molar-refractivity contribution in [1.82, 2.24) is 0 Å². The second-order valence-corrected chi connectivity index (χ2v) is 6.02. The SMILES string of the molecule is O=C1c2ccccc2C(=O)C1(C[n+]1ccccc1)c1ccccc1.[I-]. The molecule has 2 aromatic carbocycles. The zero-order valence-electron chi connectivity index (χ0n) is 13.4. The lowest BCUT2D eigenvalue weighted by atomic mass is 9.75. The highest BCUT2D eigenvalue weighted by molar-refractivity contribution is 6.33. The number of carbonyl (C=O) groups is 2. The van der Waals surface area contributed by atoms with Crippen molar-refractivity contribution in [3.8, 4) is 0 Å². The predicted octanol–water partition coefficient (Wildman–Crippen LogP) is -0.00470. The van der Waals surface area contributed by atoms with Crippen LogP contribution in [0.2, 0.25) is 0 Å².